The molecule has 0 rings (SSSR count). The number of rotatable bonds is 6. The van der Waals surface area contributed by atoms with Gasteiger partial charge in [0.2, 0.25) is 0 Å². The number of thioether (sulfide) groups is 1. The van der Waals surface area contributed by atoms with Gasteiger partial charge in [-0.15, -0.1) is 0 Å². The molecule has 1 atom stereocenters. The Morgan fingerprint density at radius 1 is 1.50 bits per heavy atom. The molecule has 0 spiro atoms. The summed E-state index contributed by atoms with van der Waals surface area (Å²) in [6.07, 6.45) is 2.48. The maximum atomic E-state index is 10.1. The first-order valence-corrected chi connectivity index (χ1v) is 7.37. The lowest BCUT2D eigenvalue weighted by Gasteiger charge is -2.02. The Morgan fingerprint density at radius 2 is 2.00 bits per heavy atom. The molecule has 0 aromatic carbocycles. The molecule has 6 N–H and O–H groups in total. The number of hydrogen-bond acceptors (Lipinski definition) is 6. The molecule has 0 aromatic rings. The Bertz CT molecular complexity index is 281. The molecule has 0 fully saturated rings. The molecule has 0 aromatic heterocycles. The molecular weight excluding hydrogens is 256 g/mol. The van der Waals surface area contributed by atoms with E-state index in [1.807, 2.05) is 6.26 Å². The minimum absolute atomic E-state index is 0.0289. The van der Waals surface area contributed by atoms with Crippen LogP contribution in [0.15, 0.2) is 0 Å². The molecule has 9 heteroatoms. The minimum Gasteiger partial charge on any atom is -0.480 e. The van der Waals surface area contributed by atoms with Gasteiger partial charge in [-0.1, -0.05) is 0 Å². The zero-order chi connectivity index (χ0) is 13.2. The second-order valence-electron chi connectivity index (χ2n) is 2.80. The molecule has 0 radical (unpaired) electrons. The summed E-state index contributed by atoms with van der Waals surface area (Å²) < 4.78 is 27.3. The number of hydrogen-bond donors (Lipinski definition) is 4. The number of aliphatic carboxylic acids is 1. The van der Waals surface area contributed by atoms with E-state index < -0.39 is 22.1 Å². The van der Waals surface area contributed by atoms with Gasteiger partial charge in [-0.2, -0.15) is 20.2 Å². The number of carboxylic acids is 1. The first kappa shape index (κ1) is 18.0. The van der Waals surface area contributed by atoms with Crippen LogP contribution in [0.3, 0.4) is 0 Å². The van der Waals surface area contributed by atoms with E-state index >= 15 is 0 Å². The van der Waals surface area contributed by atoms with Crippen LogP contribution in [0.4, 0.5) is 0 Å². The van der Waals surface area contributed by atoms with E-state index in [0.29, 0.717) is 6.42 Å². The van der Waals surface area contributed by atoms with E-state index in [-0.39, 0.29) is 12.3 Å². The highest BCUT2D eigenvalue weighted by molar-refractivity contribution is 7.98. The highest BCUT2D eigenvalue weighted by Gasteiger charge is 2.08. The van der Waals surface area contributed by atoms with Crippen LogP contribution in [-0.4, -0.2) is 54.4 Å². The van der Waals surface area contributed by atoms with E-state index in [1.165, 1.54) is 0 Å². The van der Waals surface area contributed by atoms with Gasteiger partial charge in [0.05, 0.1) is 5.75 Å². The Morgan fingerprint density at radius 3 is 2.19 bits per heavy atom. The Labute approximate surface area is 99.3 Å². The van der Waals surface area contributed by atoms with Crippen molar-refractivity contribution in [1.82, 2.24) is 0 Å². The molecule has 0 saturated carbocycles. The van der Waals surface area contributed by atoms with Gasteiger partial charge in [-0.05, 0) is 18.4 Å². The van der Waals surface area contributed by atoms with Crippen LogP contribution in [0.25, 0.3) is 0 Å². The van der Waals surface area contributed by atoms with E-state index in [0.717, 1.165) is 5.75 Å². The summed E-state index contributed by atoms with van der Waals surface area (Å²) in [6, 6.07) is -0.683. The fourth-order valence-corrected chi connectivity index (χ4v) is 1.30. The van der Waals surface area contributed by atoms with Crippen molar-refractivity contribution in [3.63, 3.8) is 0 Å². The van der Waals surface area contributed by atoms with Crippen molar-refractivity contribution in [3.05, 3.63) is 0 Å². The van der Waals surface area contributed by atoms with E-state index in [4.69, 9.17) is 21.1 Å². The van der Waals surface area contributed by atoms with Crippen molar-refractivity contribution in [3.8, 4) is 0 Å². The van der Waals surface area contributed by atoms with Crippen LogP contribution in [0.5, 0.6) is 0 Å². The molecule has 7 nitrogen and oxygen atoms in total. The van der Waals surface area contributed by atoms with Gasteiger partial charge in [0.15, 0.2) is 0 Å². The quantitative estimate of drug-likeness (QED) is 0.451. The highest BCUT2D eigenvalue weighted by atomic mass is 32.2. The molecule has 98 valence electrons. The fourth-order valence-electron chi connectivity index (χ4n) is 0.517. The molecule has 0 bridgehead atoms. The van der Waals surface area contributed by atoms with E-state index in [9.17, 15) is 13.2 Å². The van der Waals surface area contributed by atoms with Gasteiger partial charge in [-0.25, -0.2) is 0 Å². The zero-order valence-electron chi connectivity index (χ0n) is 9.00. The molecular formula is C7H18N2O5S2. The predicted octanol–water partition coefficient (Wildman–Crippen LogP) is -1.02. The minimum atomic E-state index is -3.80. The van der Waals surface area contributed by atoms with E-state index in [1.54, 1.807) is 11.8 Å². The molecule has 0 unspecified atom stereocenters. The van der Waals surface area contributed by atoms with Gasteiger partial charge in [0.25, 0.3) is 10.1 Å². The maximum absolute atomic E-state index is 10.1. The van der Waals surface area contributed by atoms with Crippen molar-refractivity contribution in [2.24, 2.45) is 11.5 Å². The van der Waals surface area contributed by atoms with Crippen molar-refractivity contribution in [2.75, 3.05) is 24.3 Å². The summed E-state index contributed by atoms with van der Waals surface area (Å²) in [7, 11) is -3.80. The summed E-state index contributed by atoms with van der Waals surface area (Å²) in [6.45, 7) is -0.0289. The van der Waals surface area contributed by atoms with Crippen LogP contribution in [0.2, 0.25) is 0 Å². The van der Waals surface area contributed by atoms with Crippen LogP contribution in [-0.2, 0) is 14.9 Å². The molecule has 0 aliphatic rings. The second-order valence-corrected chi connectivity index (χ2v) is 5.36. The predicted molar refractivity (Wildman–Crippen MR) is 64.1 cm³/mol. The van der Waals surface area contributed by atoms with Gasteiger partial charge < -0.3 is 16.6 Å². The van der Waals surface area contributed by atoms with Crippen molar-refractivity contribution in [2.45, 2.75) is 12.5 Å². The summed E-state index contributed by atoms with van der Waals surface area (Å²) >= 11 is 1.60. The van der Waals surface area contributed by atoms with Crippen LogP contribution >= 0.6 is 11.8 Å². The lowest BCUT2D eigenvalue weighted by atomic mass is 10.2. The standard InChI is InChI=1S/C5H11NO2S.C2H7NO3S/c1-9-3-2-4(6)5(7)8;3-1-2-7(4,5)6/h4H,2-3,6H2,1H3,(H,7,8);1-3H2,(H,4,5,6)/t4-;/m0./s1. The Balaban J connectivity index is 0. The number of carboxylic acid groups (broad SMARTS) is 1. The van der Waals surface area contributed by atoms with Crippen molar-refractivity contribution in [1.29, 1.82) is 0 Å². The number of carbonyl (C=O) groups is 1. The third-order valence-corrected chi connectivity index (χ3v) is 2.72. The van der Waals surface area contributed by atoms with Crippen molar-refractivity contribution < 1.29 is 22.9 Å². The average molecular weight is 274 g/mol. The first-order chi connectivity index (χ1) is 7.24. The SMILES string of the molecule is CSCC[C@H](N)C(=O)O.NCCS(=O)(=O)O. The smallest absolute Gasteiger partial charge is 0.320 e. The lowest BCUT2D eigenvalue weighted by molar-refractivity contribution is -0.138. The number of nitrogens with two attached hydrogens (primary N) is 2. The van der Waals surface area contributed by atoms with Gasteiger partial charge in [-0.3, -0.25) is 9.35 Å². The van der Waals surface area contributed by atoms with E-state index in [2.05, 4.69) is 0 Å². The Hall–Kier alpha value is -0.350. The Kier molecular flexibility index (Phi) is 11.1. The third kappa shape index (κ3) is 16.1. The van der Waals surface area contributed by atoms with Crippen LogP contribution in [0, 0.1) is 0 Å². The lowest BCUT2D eigenvalue weighted by Crippen LogP contribution is -2.30. The van der Waals surface area contributed by atoms with Crippen molar-refractivity contribution >= 4 is 27.8 Å². The highest BCUT2D eigenvalue weighted by Crippen LogP contribution is 1.97. The topological polar surface area (TPSA) is 144 Å². The third-order valence-electron chi connectivity index (χ3n) is 1.33. The molecule has 0 aliphatic carbocycles. The molecule has 0 amide bonds. The normalized spacial score (nSPS) is 12.5. The summed E-state index contributed by atoms with van der Waals surface area (Å²) in [5.41, 5.74) is 9.97. The van der Waals surface area contributed by atoms with Gasteiger partial charge in [0.1, 0.15) is 6.04 Å². The van der Waals surface area contributed by atoms with Gasteiger partial charge >= 0.3 is 5.97 Å². The maximum Gasteiger partial charge on any atom is 0.320 e. The summed E-state index contributed by atoms with van der Waals surface area (Å²) in [5.74, 6) is -0.454. The molecule has 0 saturated heterocycles. The summed E-state index contributed by atoms with van der Waals surface area (Å²) in [5, 5.41) is 8.27. The van der Waals surface area contributed by atoms with Crippen LogP contribution < -0.4 is 11.5 Å². The molecule has 0 aliphatic heterocycles. The zero-order valence-corrected chi connectivity index (χ0v) is 10.6. The van der Waals surface area contributed by atoms with Gasteiger partial charge in [0, 0.05) is 6.54 Å². The molecule has 16 heavy (non-hydrogen) atoms. The first-order valence-electron chi connectivity index (χ1n) is 4.37. The largest absolute Gasteiger partial charge is 0.480 e. The fraction of sp³-hybridized carbons (Fsp3) is 0.857. The monoisotopic (exact) mass is 274 g/mol. The molecule has 0 heterocycles. The second kappa shape index (κ2) is 9.85. The summed E-state index contributed by atoms with van der Waals surface area (Å²) in [4.78, 5) is 10.1. The van der Waals surface area contributed by atoms with Crippen LogP contribution in [0.1, 0.15) is 6.42 Å². The average Bonchev–Trinajstić information content (AvgIpc) is 2.13.